The van der Waals surface area contributed by atoms with Gasteiger partial charge in [0.1, 0.15) is 0 Å². The van der Waals surface area contributed by atoms with E-state index in [2.05, 4.69) is 101 Å². The molecule has 8 rings (SSSR count). The summed E-state index contributed by atoms with van der Waals surface area (Å²) in [7, 11) is 0. The van der Waals surface area contributed by atoms with Gasteiger partial charge in [-0.2, -0.15) is 0 Å². The second kappa shape index (κ2) is 5.16. The first kappa shape index (κ1) is 15.8. The molecule has 144 valence electrons. The van der Waals surface area contributed by atoms with Crippen molar-refractivity contribution in [3.8, 4) is 0 Å². The van der Waals surface area contributed by atoms with Gasteiger partial charge < -0.3 is 9.38 Å². The highest BCUT2D eigenvalue weighted by atomic mass is 14.9. The standard InChI is InChI=1S/C29H18N2/c1-16-13-14-18-22(15-16)29-26(25-20-8-2-4-11-23(20)30-27(18)25)21-10-6-9-19-17-7-3-5-12-24(17)31(29)28(19)21/h2-15,30H,1H3. The molecule has 0 spiro atoms. The minimum Gasteiger partial charge on any atom is -0.354 e. The van der Waals surface area contributed by atoms with Gasteiger partial charge in [-0.05, 0) is 25.1 Å². The summed E-state index contributed by atoms with van der Waals surface area (Å²) < 4.78 is 2.51. The van der Waals surface area contributed by atoms with Crippen LogP contribution >= 0.6 is 0 Å². The van der Waals surface area contributed by atoms with Gasteiger partial charge in [0.05, 0.1) is 22.1 Å². The third-order valence-corrected chi connectivity index (χ3v) is 7.08. The summed E-state index contributed by atoms with van der Waals surface area (Å²) in [6.07, 6.45) is 0. The predicted molar refractivity (Wildman–Crippen MR) is 133 cm³/mol. The molecule has 0 radical (unpaired) electrons. The molecule has 0 saturated carbocycles. The van der Waals surface area contributed by atoms with Crippen LogP contribution in [0.15, 0.2) is 84.9 Å². The molecule has 0 aliphatic heterocycles. The fraction of sp³-hybridized carbons (Fsp3) is 0.0345. The van der Waals surface area contributed by atoms with Crippen LogP contribution in [0.5, 0.6) is 0 Å². The van der Waals surface area contributed by atoms with Crippen molar-refractivity contribution in [3.63, 3.8) is 0 Å². The number of rotatable bonds is 0. The molecule has 0 fully saturated rings. The molecule has 31 heavy (non-hydrogen) atoms. The van der Waals surface area contributed by atoms with Gasteiger partial charge >= 0.3 is 0 Å². The van der Waals surface area contributed by atoms with Crippen LogP contribution in [-0.2, 0) is 0 Å². The van der Waals surface area contributed by atoms with Crippen LogP contribution in [0.4, 0.5) is 0 Å². The van der Waals surface area contributed by atoms with Crippen molar-refractivity contribution in [3.05, 3.63) is 90.5 Å². The molecular weight excluding hydrogens is 376 g/mol. The van der Waals surface area contributed by atoms with Crippen molar-refractivity contribution in [2.45, 2.75) is 6.92 Å². The molecule has 0 bridgehead atoms. The van der Waals surface area contributed by atoms with E-state index in [1.54, 1.807) is 0 Å². The van der Waals surface area contributed by atoms with Crippen molar-refractivity contribution in [1.82, 2.24) is 9.38 Å². The van der Waals surface area contributed by atoms with Crippen LogP contribution in [0.1, 0.15) is 5.56 Å². The lowest BCUT2D eigenvalue weighted by Crippen LogP contribution is -1.86. The van der Waals surface area contributed by atoms with Gasteiger partial charge in [0, 0.05) is 48.6 Å². The number of H-pyrrole nitrogens is 1. The highest BCUT2D eigenvalue weighted by Crippen LogP contribution is 2.46. The van der Waals surface area contributed by atoms with E-state index in [1.165, 1.54) is 76.2 Å². The second-order valence-corrected chi connectivity index (χ2v) is 8.75. The summed E-state index contributed by atoms with van der Waals surface area (Å²) in [6, 6.07) is 31.1. The van der Waals surface area contributed by atoms with E-state index in [0.717, 1.165) is 0 Å². The Balaban J connectivity index is 1.87. The third-order valence-electron chi connectivity index (χ3n) is 7.08. The molecule has 0 saturated heterocycles. The highest BCUT2D eigenvalue weighted by Gasteiger charge is 2.23. The second-order valence-electron chi connectivity index (χ2n) is 8.75. The molecule has 5 aromatic carbocycles. The normalized spacial score (nSPS) is 12.7. The molecule has 0 aliphatic carbocycles. The van der Waals surface area contributed by atoms with Crippen LogP contribution in [0, 0.1) is 6.92 Å². The summed E-state index contributed by atoms with van der Waals surface area (Å²) in [5.41, 5.74) is 7.66. The average Bonchev–Trinajstić information content (AvgIpc) is 3.45. The van der Waals surface area contributed by atoms with Gasteiger partial charge in [0.25, 0.3) is 0 Å². The van der Waals surface area contributed by atoms with E-state index < -0.39 is 0 Å². The van der Waals surface area contributed by atoms with E-state index >= 15 is 0 Å². The van der Waals surface area contributed by atoms with Gasteiger partial charge in [-0.15, -0.1) is 0 Å². The first-order valence-corrected chi connectivity index (χ1v) is 10.8. The van der Waals surface area contributed by atoms with Gasteiger partial charge in [-0.1, -0.05) is 72.3 Å². The largest absolute Gasteiger partial charge is 0.354 e. The Labute approximate surface area is 177 Å². The number of aromatic amines is 1. The average molecular weight is 394 g/mol. The highest BCUT2D eigenvalue weighted by molar-refractivity contribution is 6.39. The molecule has 0 amide bonds. The Morgan fingerprint density at radius 3 is 2.29 bits per heavy atom. The van der Waals surface area contributed by atoms with Crippen LogP contribution in [0.2, 0.25) is 0 Å². The SMILES string of the molecule is Cc1ccc2c(c1)c1c(c3cccc4c5ccccc5n1c43)c1c3ccccc3[nH]c21. The maximum atomic E-state index is 3.75. The van der Waals surface area contributed by atoms with Crippen molar-refractivity contribution in [2.75, 3.05) is 0 Å². The number of para-hydroxylation sites is 3. The molecule has 3 heterocycles. The van der Waals surface area contributed by atoms with E-state index in [0.29, 0.717) is 0 Å². The maximum absolute atomic E-state index is 3.75. The zero-order valence-corrected chi connectivity index (χ0v) is 17.0. The fourth-order valence-corrected chi connectivity index (χ4v) is 5.88. The smallest absolute Gasteiger partial charge is 0.0627 e. The maximum Gasteiger partial charge on any atom is 0.0627 e. The van der Waals surface area contributed by atoms with E-state index in [9.17, 15) is 0 Å². The number of nitrogens with zero attached hydrogens (tertiary/aromatic N) is 1. The zero-order chi connectivity index (χ0) is 20.3. The number of hydrogen-bond acceptors (Lipinski definition) is 0. The molecule has 0 aliphatic rings. The molecule has 2 nitrogen and oxygen atoms in total. The predicted octanol–water partition coefficient (Wildman–Crippen LogP) is 7.93. The van der Waals surface area contributed by atoms with Crippen LogP contribution < -0.4 is 0 Å². The van der Waals surface area contributed by atoms with Gasteiger partial charge in [0.2, 0.25) is 0 Å². The Morgan fingerprint density at radius 1 is 0.581 bits per heavy atom. The summed E-state index contributed by atoms with van der Waals surface area (Å²) in [5, 5.41) is 10.6. The quantitative estimate of drug-likeness (QED) is 0.269. The molecule has 0 unspecified atom stereocenters. The van der Waals surface area contributed by atoms with E-state index in [4.69, 9.17) is 0 Å². The first-order valence-electron chi connectivity index (χ1n) is 10.8. The van der Waals surface area contributed by atoms with Gasteiger partial charge in [-0.3, -0.25) is 0 Å². The lowest BCUT2D eigenvalue weighted by atomic mass is 9.97. The molecule has 2 heteroatoms. The number of nitrogens with one attached hydrogen (secondary N) is 1. The Hall–Kier alpha value is -4.04. The lowest BCUT2D eigenvalue weighted by Gasteiger charge is -2.07. The number of aryl methyl sites for hydroxylation is 1. The zero-order valence-electron chi connectivity index (χ0n) is 17.0. The van der Waals surface area contributed by atoms with Gasteiger partial charge in [0.15, 0.2) is 0 Å². The van der Waals surface area contributed by atoms with Crippen molar-refractivity contribution in [1.29, 1.82) is 0 Å². The molecule has 1 N–H and O–H groups in total. The van der Waals surface area contributed by atoms with Crippen molar-refractivity contribution in [2.24, 2.45) is 0 Å². The van der Waals surface area contributed by atoms with Crippen molar-refractivity contribution >= 4 is 70.7 Å². The Kier molecular flexibility index (Phi) is 2.62. The fourth-order valence-electron chi connectivity index (χ4n) is 5.88. The minimum atomic E-state index is 1.20. The first-order chi connectivity index (χ1) is 15.3. The number of benzene rings is 5. The van der Waals surface area contributed by atoms with Crippen LogP contribution in [-0.4, -0.2) is 9.38 Å². The minimum absolute atomic E-state index is 1.20. The van der Waals surface area contributed by atoms with E-state index in [-0.39, 0.29) is 0 Å². The molecule has 0 atom stereocenters. The van der Waals surface area contributed by atoms with Gasteiger partial charge in [-0.25, -0.2) is 0 Å². The van der Waals surface area contributed by atoms with Crippen LogP contribution in [0.25, 0.3) is 70.7 Å². The summed E-state index contributed by atoms with van der Waals surface area (Å²) in [5.74, 6) is 0. The Morgan fingerprint density at radius 2 is 1.35 bits per heavy atom. The molecular formula is C29H18N2. The lowest BCUT2D eigenvalue weighted by molar-refractivity contribution is 1.38. The summed E-state index contributed by atoms with van der Waals surface area (Å²) in [4.78, 5) is 3.75. The van der Waals surface area contributed by atoms with Crippen LogP contribution in [0.3, 0.4) is 0 Å². The number of aromatic nitrogens is 2. The number of fused-ring (bicyclic) bond motifs is 13. The topological polar surface area (TPSA) is 20.2 Å². The third kappa shape index (κ3) is 1.72. The summed E-state index contributed by atoms with van der Waals surface area (Å²) >= 11 is 0. The Bertz CT molecular complexity index is 2000. The number of hydrogen-bond donors (Lipinski definition) is 1. The molecule has 3 aromatic heterocycles. The summed E-state index contributed by atoms with van der Waals surface area (Å²) in [6.45, 7) is 2.19. The van der Waals surface area contributed by atoms with Crippen molar-refractivity contribution < 1.29 is 0 Å². The van der Waals surface area contributed by atoms with E-state index in [1.807, 2.05) is 0 Å². The monoisotopic (exact) mass is 394 g/mol. The molecule has 8 aromatic rings.